The van der Waals surface area contributed by atoms with E-state index in [0.717, 1.165) is 19.3 Å². The molecule has 102 valence electrons. The second kappa shape index (κ2) is 3.76. The lowest BCUT2D eigenvalue weighted by molar-refractivity contribution is -0.146. The molecule has 0 saturated heterocycles. The van der Waals surface area contributed by atoms with Crippen LogP contribution >= 0.6 is 0 Å². The van der Waals surface area contributed by atoms with Crippen molar-refractivity contribution in [1.29, 1.82) is 0 Å². The lowest BCUT2D eigenvalue weighted by Crippen LogP contribution is -2.53. The van der Waals surface area contributed by atoms with Gasteiger partial charge in [0.2, 0.25) is 5.50 Å². The zero-order chi connectivity index (χ0) is 13.1. The first kappa shape index (κ1) is 12.5. The van der Waals surface area contributed by atoms with Crippen LogP contribution in [0.2, 0.25) is 0 Å². The summed E-state index contributed by atoms with van der Waals surface area (Å²) in [7, 11) is -5.16. The van der Waals surface area contributed by atoms with Gasteiger partial charge >= 0.3 is 0 Å². The maximum atomic E-state index is 13.6. The van der Waals surface area contributed by atoms with Crippen molar-refractivity contribution in [2.75, 3.05) is 0 Å². The second-order valence-electron chi connectivity index (χ2n) is 6.37. The molecule has 6 heteroatoms. The van der Waals surface area contributed by atoms with Crippen LogP contribution in [0.1, 0.15) is 38.5 Å². The quantitative estimate of drug-likeness (QED) is 0.733. The minimum Gasteiger partial charge on any atom is -0.745 e. The standard InChI is InChI=1S/C12H17FO4S/c13-11(18(15,16)17)10(14)12-4-7-1-8(5-12)3-9(2-7)6-12/h7-9,11H,1-6H2,(H,15,16,17)/p-1. The molecular weight excluding hydrogens is 259 g/mol. The van der Waals surface area contributed by atoms with E-state index in [0.29, 0.717) is 37.0 Å². The first-order valence-corrected chi connectivity index (χ1v) is 7.90. The van der Waals surface area contributed by atoms with Crippen molar-refractivity contribution < 1.29 is 22.2 Å². The predicted molar refractivity (Wildman–Crippen MR) is 60.2 cm³/mol. The van der Waals surface area contributed by atoms with Crippen LogP contribution in [0.3, 0.4) is 0 Å². The topological polar surface area (TPSA) is 74.3 Å². The van der Waals surface area contributed by atoms with E-state index in [2.05, 4.69) is 0 Å². The fourth-order valence-corrected chi connectivity index (χ4v) is 5.30. The first-order chi connectivity index (χ1) is 8.30. The third-order valence-electron chi connectivity index (χ3n) is 5.02. The number of Topliss-reactive ketones (excluding diaryl/α,β-unsaturated/α-hetero) is 1. The number of ketones is 1. The number of carbonyl (C=O) groups is 1. The summed E-state index contributed by atoms with van der Waals surface area (Å²) >= 11 is 0. The van der Waals surface area contributed by atoms with E-state index >= 15 is 0 Å². The Bertz CT molecular complexity index is 449. The van der Waals surface area contributed by atoms with Crippen LogP contribution in [0.25, 0.3) is 0 Å². The van der Waals surface area contributed by atoms with Gasteiger partial charge in [0, 0.05) is 5.41 Å². The van der Waals surface area contributed by atoms with E-state index in [-0.39, 0.29) is 0 Å². The molecule has 18 heavy (non-hydrogen) atoms. The van der Waals surface area contributed by atoms with Gasteiger partial charge in [-0.3, -0.25) is 4.79 Å². The molecule has 0 heterocycles. The molecule has 4 saturated carbocycles. The highest BCUT2D eigenvalue weighted by Crippen LogP contribution is 2.60. The van der Waals surface area contributed by atoms with Crippen LogP contribution in [-0.4, -0.2) is 24.3 Å². The fourth-order valence-electron chi connectivity index (χ4n) is 4.78. The fraction of sp³-hybridized carbons (Fsp3) is 0.917. The van der Waals surface area contributed by atoms with Gasteiger partial charge in [-0.05, 0) is 56.3 Å². The van der Waals surface area contributed by atoms with Crippen molar-refractivity contribution >= 4 is 15.9 Å². The summed E-state index contributed by atoms with van der Waals surface area (Å²) in [5.41, 5.74) is -3.72. The van der Waals surface area contributed by atoms with Crippen LogP contribution < -0.4 is 0 Å². The molecule has 4 nitrogen and oxygen atoms in total. The summed E-state index contributed by atoms with van der Waals surface area (Å²) in [6, 6.07) is 0. The molecule has 4 aliphatic rings. The van der Waals surface area contributed by atoms with Gasteiger partial charge in [-0.25, -0.2) is 12.8 Å². The summed E-state index contributed by atoms with van der Waals surface area (Å²) in [5.74, 6) is 0.293. The van der Waals surface area contributed by atoms with E-state index in [1.807, 2.05) is 0 Å². The van der Waals surface area contributed by atoms with Crippen molar-refractivity contribution in [3.8, 4) is 0 Å². The average Bonchev–Trinajstić information content (AvgIpc) is 2.23. The van der Waals surface area contributed by atoms with Crippen molar-refractivity contribution in [1.82, 2.24) is 0 Å². The maximum absolute atomic E-state index is 13.6. The summed E-state index contributed by atoms with van der Waals surface area (Å²) in [5, 5.41) is 0. The minimum absolute atomic E-state index is 0.418. The molecule has 4 aliphatic carbocycles. The van der Waals surface area contributed by atoms with Gasteiger partial charge in [-0.15, -0.1) is 0 Å². The van der Waals surface area contributed by atoms with Gasteiger partial charge in [0.1, 0.15) is 10.1 Å². The molecule has 0 radical (unpaired) electrons. The molecule has 1 atom stereocenters. The van der Waals surface area contributed by atoms with E-state index in [9.17, 15) is 22.2 Å². The van der Waals surface area contributed by atoms with Gasteiger partial charge in [0.25, 0.3) is 0 Å². The molecule has 4 bridgehead atoms. The van der Waals surface area contributed by atoms with Crippen LogP contribution in [0.15, 0.2) is 0 Å². The van der Waals surface area contributed by atoms with Crippen LogP contribution in [-0.2, 0) is 14.9 Å². The Morgan fingerprint density at radius 1 is 1.11 bits per heavy atom. The van der Waals surface area contributed by atoms with Crippen molar-refractivity contribution in [2.24, 2.45) is 23.2 Å². The Balaban J connectivity index is 1.90. The zero-order valence-electron chi connectivity index (χ0n) is 9.97. The third kappa shape index (κ3) is 1.81. The van der Waals surface area contributed by atoms with Crippen molar-refractivity contribution in [2.45, 2.75) is 44.0 Å². The summed E-state index contributed by atoms with van der Waals surface area (Å²) in [4.78, 5) is 12.1. The van der Waals surface area contributed by atoms with Crippen LogP contribution in [0.5, 0.6) is 0 Å². The smallest absolute Gasteiger partial charge is 0.247 e. The van der Waals surface area contributed by atoms with E-state index in [4.69, 9.17) is 0 Å². The summed E-state index contributed by atoms with van der Waals surface area (Å²) in [6.07, 6.45) is 4.96. The minimum atomic E-state index is -5.16. The number of hydrogen-bond donors (Lipinski definition) is 0. The van der Waals surface area contributed by atoms with Gasteiger partial charge in [-0.2, -0.15) is 0 Å². The number of rotatable bonds is 3. The van der Waals surface area contributed by atoms with Crippen molar-refractivity contribution in [3.63, 3.8) is 0 Å². The molecule has 0 aliphatic heterocycles. The highest BCUT2D eigenvalue weighted by molar-refractivity contribution is 7.87. The van der Waals surface area contributed by atoms with Gasteiger partial charge in [0.15, 0.2) is 5.78 Å². The molecular formula is C12H16FO4S-. The monoisotopic (exact) mass is 275 g/mol. The Hall–Kier alpha value is -0.490. The average molecular weight is 275 g/mol. The molecule has 4 rings (SSSR count). The van der Waals surface area contributed by atoms with Crippen LogP contribution in [0, 0.1) is 23.2 Å². The molecule has 1 unspecified atom stereocenters. The highest BCUT2D eigenvalue weighted by atomic mass is 32.2. The Morgan fingerprint density at radius 2 is 1.50 bits per heavy atom. The molecule has 0 aromatic rings. The van der Waals surface area contributed by atoms with E-state index < -0.39 is 26.8 Å². The Kier molecular flexibility index (Phi) is 2.62. The number of halogens is 1. The normalized spacial score (nSPS) is 44.0. The van der Waals surface area contributed by atoms with Crippen molar-refractivity contribution in [3.05, 3.63) is 0 Å². The largest absolute Gasteiger partial charge is 0.745 e. The summed E-state index contributed by atoms with van der Waals surface area (Å²) < 4.78 is 45.7. The number of alkyl halides is 1. The SMILES string of the molecule is O=C(C(F)S(=O)(=O)[O-])C12CC3CC(CC(C3)C1)C2. The van der Waals surface area contributed by atoms with Crippen LogP contribution in [0.4, 0.5) is 4.39 Å². The molecule has 4 fully saturated rings. The van der Waals surface area contributed by atoms with Gasteiger partial charge < -0.3 is 4.55 Å². The number of carbonyl (C=O) groups excluding carboxylic acids is 1. The zero-order valence-corrected chi connectivity index (χ0v) is 10.8. The third-order valence-corrected chi connectivity index (χ3v) is 5.74. The molecule has 0 aromatic carbocycles. The molecule has 0 spiro atoms. The molecule has 0 N–H and O–H groups in total. The second-order valence-corrected chi connectivity index (χ2v) is 7.77. The predicted octanol–water partition coefficient (Wildman–Crippen LogP) is 1.61. The molecule has 0 aromatic heterocycles. The van der Waals surface area contributed by atoms with Gasteiger partial charge in [-0.1, -0.05) is 0 Å². The first-order valence-electron chi connectivity index (χ1n) is 6.43. The Labute approximate surface area is 106 Å². The number of hydrogen-bond acceptors (Lipinski definition) is 4. The van der Waals surface area contributed by atoms with Gasteiger partial charge in [0.05, 0.1) is 0 Å². The Morgan fingerprint density at radius 3 is 1.83 bits per heavy atom. The molecule has 0 amide bonds. The van der Waals surface area contributed by atoms with E-state index in [1.165, 1.54) is 0 Å². The maximum Gasteiger partial charge on any atom is 0.247 e. The lowest BCUT2D eigenvalue weighted by atomic mass is 9.48. The highest BCUT2D eigenvalue weighted by Gasteiger charge is 2.56. The van der Waals surface area contributed by atoms with E-state index in [1.54, 1.807) is 0 Å². The lowest BCUT2D eigenvalue weighted by Gasteiger charge is -2.56. The summed E-state index contributed by atoms with van der Waals surface area (Å²) in [6.45, 7) is 0.